The number of rotatable bonds is 5. The van der Waals surface area contributed by atoms with Crippen LogP contribution in [0.1, 0.15) is 43.6 Å². The molecule has 0 amide bonds. The Bertz CT molecular complexity index is 1270. The fourth-order valence-electron chi connectivity index (χ4n) is 3.45. The quantitative estimate of drug-likeness (QED) is 0.409. The molecule has 1 aromatic heterocycles. The number of nitrogens with zero attached hydrogens (tertiary/aromatic N) is 1. The minimum atomic E-state index is -1.11. The van der Waals surface area contributed by atoms with E-state index in [0.29, 0.717) is 12.2 Å². The number of hydrogen-bond donors (Lipinski definition) is 2. The molecule has 0 unspecified atom stereocenters. The van der Waals surface area contributed by atoms with Crippen LogP contribution in [-0.4, -0.2) is 39.3 Å². The van der Waals surface area contributed by atoms with Crippen LogP contribution < -0.4 is 0 Å². The Morgan fingerprint density at radius 2 is 1.36 bits per heavy atom. The summed E-state index contributed by atoms with van der Waals surface area (Å²) in [7, 11) is 0. The number of para-hydroxylation sites is 2. The molecule has 1 heterocycles. The Morgan fingerprint density at radius 1 is 0.788 bits per heavy atom. The third-order valence-corrected chi connectivity index (χ3v) is 5.04. The maximum atomic E-state index is 12.1. The smallest absolute Gasteiger partial charge is 0.340 e. The second-order valence-corrected chi connectivity index (χ2v) is 7.07. The largest absolute Gasteiger partial charge is 0.478 e. The van der Waals surface area contributed by atoms with E-state index in [-0.39, 0.29) is 22.7 Å². The Kier molecular flexibility index (Phi) is 7.25. The van der Waals surface area contributed by atoms with Gasteiger partial charge >= 0.3 is 17.9 Å². The predicted molar refractivity (Wildman–Crippen MR) is 124 cm³/mol. The van der Waals surface area contributed by atoms with Gasteiger partial charge in [0.05, 0.1) is 28.8 Å². The lowest BCUT2D eigenvalue weighted by Gasteiger charge is -2.04. The molecule has 4 rings (SSSR count). The molecule has 3 aromatic carbocycles. The summed E-state index contributed by atoms with van der Waals surface area (Å²) >= 11 is 0. The van der Waals surface area contributed by atoms with Crippen LogP contribution in [0.2, 0.25) is 0 Å². The van der Waals surface area contributed by atoms with E-state index in [1.54, 1.807) is 0 Å². The molecule has 0 spiro atoms. The monoisotopic (exact) mass is 445 g/mol. The zero-order valence-corrected chi connectivity index (χ0v) is 18.2. The first-order valence-corrected chi connectivity index (χ1v) is 10.2. The van der Waals surface area contributed by atoms with Crippen molar-refractivity contribution in [3.63, 3.8) is 0 Å². The van der Waals surface area contributed by atoms with E-state index in [9.17, 15) is 14.4 Å². The number of carbonyl (C=O) groups is 3. The molecule has 0 saturated heterocycles. The zero-order chi connectivity index (χ0) is 24.0. The van der Waals surface area contributed by atoms with Crippen LogP contribution in [0.15, 0.2) is 79.0 Å². The standard InChI is InChI=1S/C17H15NO2.C9H8O4/c1-2-20-17(19)15-12-18(13-8-4-3-5-9-13)16-11-7-6-10-14(15)16;1-5-6(8(10)11)3-2-4-7(5)9(12)13/h3-12H,2H2,1H3;2-4H,1H3,(H,10,11)(H,12,13). The molecular weight excluding hydrogens is 422 g/mol. The lowest BCUT2D eigenvalue weighted by Crippen LogP contribution is -2.06. The van der Waals surface area contributed by atoms with Gasteiger partial charge in [-0.3, -0.25) is 0 Å². The highest BCUT2D eigenvalue weighted by Crippen LogP contribution is 2.25. The van der Waals surface area contributed by atoms with Crippen molar-refractivity contribution in [2.24, 2.45) is 0 Å². The summed E-state index contributed by atoms with van der Waals surface area (Å²) < 4.78 is 7.15. The number of aromatic nitrogens is 1. The Morgan fingerprint density at radius 3 is 1.94 bits per heavy atom. The molecule has 4 aromatic rings. The van der Waals surface area contributed by atoms with Gasteiger partial charge in [-0.15, -0.1) is 0 Å². The van der Waals surface area contributed by atoms with Gasteiger partial charge in [0.2, 0.25) is 0 Å². The van der Waals surface area contributed by atoms with Gasteiger partial charge in [0.15, 0.2) is 0 Å². The molecule has 7 nitrogen and oxygen atoms in total. The normalized spacial score (nSPS) is 10.2. The highest BCUT2D eigenvalue weighted by atomic mass is 16.5. The summed E-state index contributed by atoms with van der Waals surface area (Å²) in [4.78, 5) is 33.3. The molecule has 0 fully saturated rings. The third-order valence-electron chi connectivity index (χ3n) is 5.04. The van der Waals surface area contributed by atoms with Crippen molar-refractivity contribution in [1.29, 1.82) is 0 Å². The SMILES string of the molecule is CCOC(=O)c1cn(-c2ccccc2)c2ccccc12.Cc1c(C(=O)O)cccc1C(=O)O. The van der Waals surface area contributed by atoms with Crippen LogP contribution in [0.25, 0.3) is 16.6 Å². The summed E-state index contributed by atoms with van der Waals surface area (Å²) in [5.41, 5.74) is 2.97. The van der Waals surface area contributed by atoms with E-state index < -0.39 is 11.9 Å². The van der Waals surface area contributed by atoms with Crippen molar-refractivity contribution in [1.82, 2.24) is 4.57 Å². The maximum absolute atomic E-state index is 12.1. The van der Waals surface area contributed by atoms with Crippen LogP contribution in [0.4, 0.5) is 0 Å². The van der Waals surface area contributed by atoms with Gasteiger partial charge in [-0.25, -0.2) is 14.4 Å². The van der Waals surface area contributed by atoms with E-state index in [1.807, 2.05) is 72.3 Å². The average Bonchev–Trinajstić information content (AvgIpc) is 3.20. The van der Waals surface area contributed by atoms with Crippen molar-refractivity contribution >= 4 is 28.8 Å². The zero-order valence-electron chi connectivity index (χ0n) is 18.2. The highest BCUT2D eigenvalue weighted by molar-refractivity contribution is 6.05. The number of aromatic carboxylic acids is 2. The van der Waals surface area contributed by atoms with Crippen molar-refractivity contribution < 1.29 is 29.3 Å². The lowest BCUT2D eigenvalue weighted by molar-refractivity contribution is 0.0527. The Balaban J connectivity index is 0.000000205. The first kappa shape index (κ1) is 23.3. The number of hydrogen-bond acceptors (Lipinski definition) is 4. The molecule has 0 bridgehead atoms. The second kappa shape index (κ2) is 10.3. The van der Waals surface area contributed by atoms with Crippen LogP contribution in [-0.2, 0) is 4.74 Å². The molecule has 168 valence electrons. The topological polar surface area (TPSA) is 106 Å². The van der Waals surface area contributed by atoms with Crippen molar-refractivity contribution in [3.8, 4) is 5.69 Å². The minimum absolute atomic E-state index is 0.0277. The van der Waals surface area contributed by atoms with Crippen LogP contribution >= 0.6 is 0 Å². The molecular formula is C26H23NO6. The molecule has 2 N–H and O–H groups in total. The Hall–Kier alpha value is -4.39. The number of esters is 1. The molecule has 0 aliphatic heterocycles. The minimum Gasteiger partial charge on any atom is -0.478 e. The molecule has 0 aliphatic carbocycles. The average molecular weight is 445 g/mol. The Labute approximate surface area is 190 Å². The van der Waals surface area contributed by atoms with E-state index in [2.05, 4.69) is 0 Å². The lowest BCUT2D eigenvalue weighted by atomic mass is 10.0. The number of carboxylic acid groups (broad SMARTS) is 2. The molecule has 33 heavy (non-hydrogen) atoms. The molecule has 0 aliphatic rings. The van der Waals surface area contributed by atoms with Crippen LogP contribution in [0.5, 0.6) is 0 Å². The fraction of sp³-hybridized carbons (Fsp3) is 0.115. The number of carbonyl (C=O) groups excluding carboxylic acids is 1. The van der Waals surface area contributed by atoms with Crippen molar-refractivity contribution in [2.45, 2.75) is 13.8 Å². The van der Waals surface area contributed by atoms with Gasteiger partial charge in [0.1, 0.15) is 0 Å². The second-order valence-electron chi connectivity index (χ2n) is 7.07. The van der Waals surface area contributed by atoms with Crippen molar-refractivity contribution in [2.75, 3.05) is 6.61 Å². The van der Waals surface area contributed by atoms with Gasteiger partial charge in [0.25, 0.3) is 0 Å². The summed E-state index contributed by atoms with van der Waals surface area (Å²) in [5.74, 6) is -2.50. The summed E-state index contributed by atoms with van der Waals surface area (Å²) in [5, 5.41) is 18.3. The summed E-state index contributed by atoms with van der Waals surface area (Å²) in [6, 6.07) is 22.0. The van der Waals surface area contributed by atoms with E-state index in [1.165, 1.54) is 25.1 Å². The number of ether oxygens (including phenoxy) is 1. The van der Waals surface area contributed by atoms with E-state index in [4.69, 9.17) is 14.9 Å². The molecule has 0 radical (unpaired) electrons. The number of carboxylic acids is 2. The molecule has 0 atom stereocenters. The van der Waals surface area contributed by atoms with E-state index >= 15 is 0 Å². The van der Waals surface area contributed by atoms with Gasteiger partial charge < -0.3 is 19.5 Å². The first-order valence-electron chi connectivity index (χ1n) is 10.2. The van der Waals surface area contributed by atoms with Crippen LogP contribution in [0, 0.1) is 6.92 Å². The van der Waals surface area contributed by atoms with Crippen molar-refractivity contribution in [3.05, 3.63) is 101 Å². The predicted octanol–water partition coefficient (Wildman–Crippen LogP) is 5.20. The van der Waals surface area contributed by atoms with Gasteiger partial charge in [-0.05, 0) is 49.7 Å². The van der Waals surface area contributed by atoms with E-state index in [0.717, 1.165) is 16.6 Å². The number of fused-ring (bicyclic) bond motifs is 1. The van der Waals surface area contributed by atoms with Crippen LogP contribution in [0.3, 0.4) is 0 Å². The van der Waals surface area contributed by atoms with Gasteiger partial charge in [-0.2, -0.15) is 0 Å². The van der Waals surface area contributed by atoms with Gasteiger partial charge in [-0.1, -0.05) is 42.5 Å². The van der Waals surface area contributed by atoms with Gasteiger partial charge in [0, 0.05) is 17.3 Å². The first-order chi connectivity index (χ1) is 15.8. The summed E-state index contributed by atoms with van der Waals surface area (Å²) in [6.45, 7) is 3.67. The third kappa shape index (κ3) is 5.10. The maximum Gasteiger partial charge on any atom is 0.340 e. The highest BCUT2D eigenvalue weighted by Gasteiger charge is 2.16. The fourth-order valence-corrected chi connectivity index (χ4v) is 3.45. The molecule has 7 heteroatoms. The summed E-state index contributed by atoms with van der Waals surface area (Å²) in [6.07, 6.45) is 1.85. The number of benzene rings is 3. The molecule has 0 saturated carbocycles.